The molecule has 0 radical (unpaired) electrons. The zero-order valence-electron chi connectivity index (χ0n) is 13.6. The molecule has 0 aromatic heterocycles. The molecule has 0 saturated heterocycles. The Morgan fingerprint density at radius 1 is 1.12 bits per heavy atom. The van der Waals surface area contributed by atoms with E-state index < -0.39 is 27.9 Å². The fourth-order valence-corrected chi connectivity index (χ4v) is 4.40. The Kier molecular flexibility index (Phi) is 4.22. The maximum atomic E-state index is 12.6. The van der Waals surface area contributed by atoms with Crippen molar-refractivity contribution in [3.8, 4) is 5.75 Å². The first-order valence-corrected chi connectivity index (χ1v) is 8.93. The highest BCUT2D eigenvalue weighted by molar-refractivity contribution is 7.90. The number of nitrogens with one attached hydrogen (secondary N) is 1. The lowest BCUT2D eigenvalue weighted by atomic mass is 10.2. The molecular formula is C17H16N2O5S. The van der Waals surface area contributed by atoms with Gasteiger partial charge < -0.3 is 10.1 Å². The van der Waals surface area contributed by atoms with Crippen molar-refractivity contribution >= 4 is 27.5 Å². The molecule has 1 aliphatic rings. The van der Waals surface area contributed by atoms with Gasteiger partial charge in [0.2, 0.25) is 5.91 Å². The Morgan fingerprint density at radius 2 is 1.76 bits per heavy atom. The summed E-state index contributed by atoms with van der Waals surface area (Å²) in [6.07, 6.45) is 0. The fourth-order valence-electron chi connectivity index (χ4n) is 2.68. The van der Waals surface area contributed by atoms with Crippen LogP contribution in [0.3, 0.4) is 0 Å². The molecule has 1 atom stereocenters. The summed E-state index contributed by atoms with van der Waals surface area (Å²) < 4.78 is 31.0. The predicted octanol–water partition coefficient (Wildman–Crippen LogP) is 1.87. The second kappa shape index (κ2) is 6.21. The van der Waals surface area contributed by atoms with Gasteiger partial charge in [-0.25, -0.2) is 12.7 Å². The van der Waals surface area contributed by atoms with Crippen molar-refractivity contribution < 1.29 is 22.7 Å². The van der Waals surface area contributed by atoms with E-state index in [1.807, 2.05) is 0 Å². The van der Waals surface area contributed by atoms with E-state index in [-0.39, 0.29) is 10.5 Å². The molecule has 25 heavy (non-hydrogen) atoms. The Labute approximate surface area is 145 Å². The van der Waals surface area contributed by atoms with Gasteiger partial charge in [-0.15, -0.1) is 0 Å². The van der Waals surface area contributed by atoms with Gasteiger partial charge in [-0.2, -0.15) is 0 Å². The van der Waals surface area contributed by atoms with Gasteiger partial charge in [0.15, 0.2) is 0 Å². The summed E-state index contributed by atoms with van der Waals surface area (Å²) in [5.41, 5.74) is 0.461. The average molecular weight is 360 g/mol. The van der Waals surface area contributed by atoms with Crippen LogP contribution in [0.25, 0.3) is 0 Å². The molecule has 1 N–H and O–H groups in total. The Hall–Kier alpha value is -2.87. The van der Waals surface area contributed by atoms with Crippen molar-refractivity contribution in [3.63, 3.8) is 0 Å². The molecule has 1 heterocycles. The van der Waals surface area contributed by atoms with Crippen molar-refractivity contribution in [2.45, 2.75) is 17.9 Å². The van der Waals surface area contributed by atoms with Crippen LogP contribution in [-0.2, 0) is 14.8 Å². The van der Waals surface area contributed by atoms with Gasteiger partial charge in [0, 0.05) is 0 Å². The first kappa shape index (κ1) is 17.0. The summed E-state index contributed by atoms with van der Waals surface area (Å²) in [5, 5.41) is 2.60. The summed E-state index contributed by atoms with van der Waals surface area (Å²) in [6.45, 7) is 1.37. The molecule has 3 rings (SSSR count). The lowest BCUT2D eigenvalue weighted by Crippen LogP contribution is -2.45. The third-order valence-corrected chi connectivity index (χ3v) is 5.86. The second-order valence-electron chi connectivity index (χ2n) is 5.47. The Morgan fingerprint density at radius 3 is 2.44 bits per heavy atom. The lowest BCUT2D eigenvalue weighted by Gasteiger charge is -2.22. The summed E-state index contributed by atoms with van der Waals surface area (Å²) in [7, 11) is -2.60. The van der Waals surface area contributed by atoms with E-state index in [1.165, 1.54) is 32.2 Å². The second-order valence-corrected chi connectivity index (χ2v) is 7.25. The van der Waals surface area contributed by atoms with Crippen LogP contribution >= 0.6 is 0 Å². The maximum Gasteiger partial charge on any atom is 0.269 e. The zero-order chi connectivity index (χ0) is 18.2. The number of nitrogens with zero attached hydrogens (tertiary/aromatic N) is 1. The molecule has 0 bridgehead atoms. The number of methoxy groups -OCH3 is 1. The SMILES string of the molecule is COc1ccccc1NC(=O)C(C)N1C(=O)c2ccccc2S1(=O)=O. The molecule has 130 valence electrons. The van der Waals surface area contributed by atoms with E-state index in [1.54, 1.807) is 30.3 Å². The first-order valence-electron chi connectivity index (χ1n) is 7.49. The number of amides is 2. The number of hydrogen-bond donors (Lipinski definition) is 1. The number of benzene rings is 2. The average Bonchev–Trinajstić information content (AvgIpc) is 2.81. The van der Waals surface area contributed by atoms with Crippen LogP contribution in [-0.4, -0.2) is 37.7 Å². The van der Waals surface area contributed by atoms with Crippen LogP contribution in [0.4, 0.5) is 5.69 Å². The molecule has 7 nitrogen and oxygen atoms in total. The van der Waals surface area contributed by atoms with Gasteiger partial charge >= 0.3 is 0 Å². The van der Waals surface area contributed by atoms with Gasteiger partial charge in [0.05, 0.1) is 18.4 Å². The molecule has 0 fully saturated rings. The molecule has 2 aromatic rings. The molecule has 0 saturated carbocycles. The maximum absolute atomic E-state index is 12.6. The zero-order valence-corrected chi connectivity index (χ0v) is 14.4. The van der Waals surface area contributed by atoms with Crippen LogP contribution in [0.1, 0.15) is 17.3 Å². The van der Waals surface area contributed by atoms with E-state index in [9.17, 15) is 18.0 Å². The van der Waals surface area contributed by atoms with Crippen molar-refractivity contribution in [1.29, 1.82) is 0 Å². The van der Waals surface area contributed by atoms with Crippen molar-refractivity contribution in [2.75, 3.05) is 12.4 Å². The summed E-state index contributed by atoms with van der Waals surface area (Å²) >= 11 is 0. The summed E-state index contributed by atoms with van der Waals surface area (Å²) in [4.78, 5) is 24.9. The van der Waals surface area contributed by atoms with E-state index in [0.29, 0.717) is 15.7 Å². The monoisotopic (exact) mass is 360 g/mol. The van der Waals surface area contributed by atoms with E-state index >= 15 is 0 Å². The fraction of sp³-hybridized carbons (Fsp3) is 0.176. The van der Waals surface area contributed by atoms with Crippen LogP contribution in [0, 0.1) is 0 Å². The third kappa shape index (κ3) is 2.74. The minimum atomic E-state index is -4.06. The number of para-hydroxylation sites is 2. The van der Waals surface area contributed by atoms with Gasteiger partial charge in [-0.1, -0.05) is 24.3 Å². The molecule has 2 amide bonds. The molecule has 1 unspecified atom stereocenters. The highest BCUT2D eigenvalue weighted by atomic mass is 32.2. The number of hydrogen-bond acceptors (Lipinski definition) is 5. The molecule has 1 aliphatic heterocycles. The highest BCUT2D eigenvalue weighted by Crippen LogP contribution is 2.32. The third-order valence-electron chi connectivity index (χ3n) is 3.95. The minimum Gasteiger partial charge on any atom is -0.495 e. The lowest BCUT2D eigenvalue weighted by molar-refractivity contribution is -0.118. The molecule has 8 heteroatoms. The highest BCUT2D eigenvalue weighted by Gasteiger charge is 2.45. The summed E-state index contributed by atoms with van der Waals surface area (Å²) in [5.74, 6) is -0.908. The largest absolute Gasteiger partial charge is 0.495 e. The quantitative estimate of drug-likeness (QED) is 0.898. The molecule has 2 aromatic carbocycles. The van der Waals surface area contributed by atoms with Gasteiger partial charge in [0.1, 0.15) is 16.7 Å². The van der Waals surface area contributed by atoms with Gasteiger partial charge in [0.25, 0.3) is 15.9 Å². The van der Waals surface area contributed by atoms with Crippen molar-refractivity contribution in [1.82, 2.24) is 4.31 Å². The summed E-state index contributed by atoms with van der Waals surface area (Å²) in [6, 6.07) is 11.4. The Balaban J connectivity index is 1.90. The minimum absolute atomic E-state index is 0.0689. The molecule has 0 spiro atoms. The predicted molar refractivity (Wildman–Crippen MR) is 90.9 cm³/mol. The number of anilines is 1. The van der Waals surface area contributed by atoms with Crippen LogP contribution in [0.5, 0.6) is 5.75 Å². The topological polar surface area (TPSA) is 92.8 Å². The van der Waals surface area contributed by atoms with Gasteiger partial charge in [-0.3, -0.25) is 9.59 Å². The van der Waals surface area contributed by atoms with Crippen molar-refractivity contribution in [2.24, 2.45) is 0 Å². The number of fused-ring (bicyclic) bond motifs is 1. The number of rotatable bonds is 4. The van der Waals surface area contributed by atoms with Gasteiger partial charge in [-0.05, 0) is 31.2 Å². The van der Waals surface area contributed by atoms with Crippen molar-refractivity contribution in [3.05, 3.63) is 54.1 Å². The van der Waals surface area contributed by atoms with Crippen LogP contribution in [0.2, 0.25) is 0 Å². The smallest absolute Gasteiger partial charge is 0.269 e. The normalized spacial score (nSPS) is 16.2. The number of sulfonamides is 1. The van der Waals surface area contributed by atoms with E-state index in [0.717, 1.165) is 0 Å². The van der Waals surface area contributed by atoms with Crippen LogP contribution in [0.15, 0.2) is 53.4 Å². The number of ether oxygens (including phenoxy) is 1. The van der Waals surface area contributed by atoms with E-state index in [2.05, 4.69) is 5.32 Å². The number of carbonyl (C=O) groups excluding carboxylic acids is 2. The first-order chi connectivity index (χ1) is 11.9. The standard InChI is InChI=1S/C17H16N2O5S/c1-11(16(20)18-13-8-4-5-9-14(13)24-2)19-17(21)12-7-3-6-10-15(12)25(19,22)23/h3-11H,1-2H3,(H,18,20). The molecule has 0 aliphatic carbocycles. The van der Waals surface area contributed by atoms with Crippen LogP contribution < -0.4 is 10.1 Å². The number of carbonyl (C=O) groups is 2. The Bertz CT molecular complexity index is 955. The van der Waals surface area contributed by atoms with E-state index in [4.69, 9.17) is 4.74 Å². The molecular weight excluding hydrogens is 344 g/mol.